The second-order valence-corrected chi connectivity index (χ2v) is 6.90. The molecule has 3 N–H and O–H groups in total. The van der Waals surface area contributed by atoms with Crippen LogP contribution >= 0.6 is 44.1 Å². The van der Waals surface area contributed by atoms with Crippen LogP contribution in [0.25, 0.3) is 0 Å². The Labute approximate surface area is 165 Å². The van der Waals surface area contributed by atoms with Crippen molar-refractivity contribution >= 4 is 66.8 Å². The molecule has 0 atom stereocenters. The fraction of sp³-hybridized carbons (Fsp3) is 0.0625. The van der Waals surface area contributed by atoms with E-state index >= 15 is 0 Å². The quantitative estimate of drug-likeness (QED) is 0.556. The Hall–Kier alpha value is -1.97. The molecule has 2 aromatic rings. The van der Waals surface area contributed by atoms with Gasteiger partial charge in [0.25, 0.3) is 5.91 Å². The van der Waals surface area contributed by atoms with E-state index in [0.29, 0.717) is 14.7 Å². The number of carbonyl (C=O) groups is 2. The van der Waals surface area contributed by atoms with Crippen LogP contribution in [0.15, 0.2) is 51.4 Å². The molecule has 9 heteroatoms. The van der Waals surface area contributed by atoms with E-state index in [4.69, 9.17) is 17.0 Å². The number of carboxylic acid groups (broad SMARTS) is 1. The highest BCUT2D eigenvalue weighted by Crippen LogP contribution is 2.30. The van der Waals surface area contributed by atoms with Crippen molar-refractivity contribution in [1.29, 1.82) is 0 Å². The van der Waals surface area contributed by atoms with Crippen LogP contribution in [0.2, 0.25) is 0 Å². The standard InChI is InChI=1S/C16H12Br2N2O4S/c17-9-6-11(15(22)23)14(12(18)7-9)20-16(25)19-13(21)8-24-10-4-2-1-3-5-10/h1-7H,8H2,(H,22,23)(H2,19,20,21,25). The van der Waals surface area contributed by atoms with Gasteiger partial charge in [-0.1, -0.05) is 34.1 Å². The number of carbonyl (C=O) groups excluding carboxylic acids is 1. The normalized spacial score (nSPS) is 10.0. The molecule has 0 fully saturated rings. The maximum atomic E-state index is 11.9. The Morgan fingerprint density at radius 3 is 2.48 bits per heavy atom. The van der Waals surface area contributed by atoms with Crippen molar-refractivity contribution in [3.63, 3.8) is 0 Å². The molecule has 0 aliphatic rings. The number of thiocarbonyl (C=S) groups is 1. The molecule has 0 unspecified atom stereocenters. The lowest BCUT2D eigenvalue weighted by Crippen LogP contribution is -2.37. The second kappa shape index (κ2) is 8.93. The van der Waals surface area contributed by atoms with Gasteiger partial charge in [0, 0.05) is 8.95 Å². The Morgan fingerprint density at radius 1 is 1.16 bits per heavy atom. The third-order valence-corrected chi connectivity index (χ3v) is 4.18. The van der Waals surface area contributed by atoms with E-state index < -0.39 is 11.9 Å². The lowest BCUT2D eigenvalue weighted by Gasteiger charge is -2.14. The molecule has 0 radical (unpaired) electrons. The number of hydrogen-bond donors (Lipinski definition) is 3. The van der Waals surface area contributed by atoms with E-state index in [-0.39, 0.29) is 23.0 Å². The van der Waals surface area contributed by atoms with Crippen LogP contribution in [0.3, 0.4) is 0 Å². The molecule has 0 aliphatic carbocycles. The topological polar surface area (TPSA) is 87.7 Å². The average molecular weight is 488 g/mol. The van der Waals surface area contributed by atoms with E-state index in [9.17, 15) is 14.7 Å². The van der Waals surface area contributed by atoms with Gasteiger partial charge in [-0.25, -0.2) is 4.79 Å². The SMILES string of the molecule is O=C(COc1ccccc1)NC(=S)Nc1c(Br)cc(Br)cc1C(=O)O. The highest BCUT2D eigenvalue weighted by atomic mass is 79.9. The predicted octanol–water partition coefficient (Wildman–Crippen LogP) is 3.80. The maximum absolute atomic E-state index is 11.9. The highest BCUT2D eigenvalue weighted by Gasteiger charge is 2.16. The first kappa shape index (κ1) is 19.4. The van der Waals surface area contributed by atoms with Crippen LogP contribution in [0.5, 0.6) is 5.75 Å². The van der Waals surface area contributed by atoms with Crippen LogP contribution in [0, 0.1) is 0 Å². The number of aromatic carboxylic acids is 1. The minimum absolute atomic E-state index is 0.00150. The van der Waals surface area contributed by atoms with E-state index in [2.05, 4.69) is 42.5 Å². The van der Waals surface area contributed by atoms with Gasteiger partial charge in [-0.2, -0.15) is 0 Å². The summed E-state index contributed by atoms with van der Waals surface area (Å²) in [5, 5.41) is 14.4. The molecule has 25 heavy (non-hydrogen) atoms. The van der Waals surface area contributed by atoms with Crippen molar-refractivity contribution < 1.29 is 19.4 Å². The number of para-hydroxylation sites is 1. The van der Waals surface area contributed by atoms with Gasteiger partial charge in [-0.15, -0.1) is 0 Å². The summed E-state index contributed by atoms with van der Waals surface area (Å²) >= 11 is 11.6. The van der Waals surface area contributed by atoms with Gasteiger partial charge in [0.15, 0.2) is 11.7 Å². The lowest BCUT2D eigenvalue weighted by molar-refractivity contribution is -0.121. The van der Waals surface area contributed by atoms with Crippen LogP contribution in [-0.2, 0) is 4.79 Å². The van der Waals surface area contributed by atoms with Crippen molar-refractivity contribution in [3.05, 3.63) is 57.0 Å². The van der Waals surface area contributed by atoms with Crippen LogP contribution in [0.1, 0.15) is 10.4 Å². The van der Waals surface area contributed by atoms with E-state index in [0.717, 1.165) is 0 Å². The fourth-order valence-electron chi connectivity index (χ4n) is 1.84. The van der Waals surface area contributed by atoms with Gasteiger partial charge in [-0.05, 0) is 52.4 Å². The molecule has 0 bridgehead atoms. The second-order valence-electron chi connectivity index (χ2n) is 4.72. The van der Waals surface area contributed by atoms with E-state index in [1.807, 2.05) is 6.07 Å². The van der Waals surface area contributed by atoms with Gasteiger partial charge in [-0.3, -0.25) is 10.1 Å². The molecule has 2 aromatic carbocycles. The minimum Gasteiger partial charge on any atom is -0.484 e. The van der Waals surface area contributed by atoms with Crippen molar-refractivity contribution in [2.75, 3.05) is 11.9 Å². The van der Waals surface area contributed by atoms with Gasteiger partial charge < -0.3 is 15.2 Å². The fourth-order valence-corrected chi connectivity index (χ4v) is 3.38. The Morgan fingerprint density at radius 2 is 1.84 bits per heavy atom. The van der Waals surface area contributed by atoms with Crippen molar-refractivity contribution in [3.8, 4) is 5.75 Å². The number of carboxylic acids is 1. The Bertz CT molecular complexity index is 815. The molecular weight excluding hydrogens is 476 g/mol. The number of rotatable bonds is 5. The molecule has 1 amide bonds. The zero-order valence-corrected chi connectivity index (χ0v) is 16.6. The van der Waals surface area contributed by atoms with E-state index in [1.54, 1.807) is 30.3 Å². The molecule has 0 aliphatic heterocycles. The third kappa shape index (κ3) is 5.80. The first-order valence-electron chi connectivity index (χ1n) is 6.88. The molecule has 0 spiro atoms. The first-order valence-corrected chi connectivity index (χ1v) is 8.87. The smallest absolute Gasteiger partial charge is 0.337 e. The number of hydrogen-bond acceptors (Lipinski definition) is 4. The Kier molecular flexibility index (Phi) is 6.91. The molecule has 6 nitrogen and oxygen atoms in total. The van der Waals surface area contributed by atoms with Gasteiger partial charge >= 0.3 is 5.97 Å². The zero-order chi connectivity index (χ0) is 18.4. The van der Waals surface area contributed by atoms with Crippen molar-refractivity contribution in [2.24, 2.45) is 0 Å². The molecule has 0 saturated heterocycles. The molecule has 130 valence electrons. The summed E-state index contributed by atoms with van der Waals surface area (Å²) in [7, 11) is 0. The summed E-state index contributed by atoms with van der Waals surface area (Å²) < 4.78 is 6.39. The van der Waals surface area contributed by atoms with Gasteiger partial charge in [0.1, 0.15) is 5.75 Å². The monoisotopic (exact) mass is 486 g/mol. The Balaban J connectivity index is 1.98. The summed E-state index contributed by atoms with van der Waals surface area (Å²) in [5.74, 6) is -1.04. The summed E-state index contributed by atoms with van der Waals surface area (Å²) in [6.07, 6.45) is 0. The number of benzene rings is 2. The number of halogens is 2. The van der Waals surface area contributed by atoms with Crippen LogP contribution < -0.4 is 15.4 Å². The van der Waals surface area contributed by atoms with Crippen LogP contribution in [0.4, 0.5) is 5.69 Å². The molecule has 0 heterocycles. The predicted molar refractivity (Wildman–Crippen MR) is 105 cm³/mol. The summed E-state index contributed by atoms with van der Waals surface area (Å²) in [6.45, 7) is -0.223. The third-order valence-electron chi connectivity index (χ3n) is 2.89. The maximum Gasteiger partial charge on any atom is 0.337 e. The average Bonchev–Trinajstić information content (AvgIpc) is 2.56. The van der Waals surface area contributed by atoms with Gasteiger partial charge in [0.2, 0.25) is 0 Å². The molecule has 2 rings (SSSR count). The molecule has 0 aromatic heterocycles. The number of nitrogens with one attached hydrogen (secondary N) is 2. The molecule has 0 saturated carbocycles. The summed E-state index contributed by atoms with van der Waals surface area (Å²) in [6, 6.07) is 12.0. The highest BCUT2D eigenvalue weighted by molar-refractivity contribution is 9.11. The number of ether oxygens (including phenoxy) is 1. The number of amides is 1. The summed E-state index contributed by atoms with van der Waals surface area (Å²) in [5.41, 5.74) is 0.239. The zero-order valence-electron chi connectivity index (χ0n) is 12.6. The largest absolute Gasteiger partial charge is 0.484 e. The van der Waals surface area contributed by atoms with Crippen molar-refractivity contribution in [1.82, 2.24) is 5.32 Å². The minimum atomic E-state index is -1.13. The van der Waals surface area contributed by atoms with Crippen LogP contribution in [-0.4, -0.2) is 28.7 Å². The lowest BCUT2D eigenvalue weighted by atomic mass is 10.2. The summed E-state index contributed by atoms with van der Waals surface area (Å²) in [4.78, 5) is 23.2. The first-order chi connectivity index (χ1) is 11.9. The van der Waals surface area contributed by atoms with Crippen molar-refractivity contribution in [2.45, 2.75) is 0 Å². The van der Waals surface area contributed by atoms with Gasteiger partial charge in [0.05, 0.1) is 11.3 Å². The van der Waals surface area contributed by atoms with E-state index in [1.165, 1.54) is 6.07 Å². The molecular formula is C16H12Br2N2O4S. The number of anilines is 1.